The average molecular weight is 395 g/mol. The van der Waals surface area contributed by atoms with E-state index in [0.717, 1.165) is 38.0 Å². The highest BCUT2D eigenvalue weighted by molar-refractivity contribution is 7.89. The van der Waals surface area contributed by atoms with Gasteiger partial charge in [0.1, 0.15) is 6.61 Å². The van der Waals surface area contributed by atoms with Crippen molar-refractivity contribution in [3.8, 4) is 0 Å². The van der Waals surface area contributed by atoms with E-state index in [2.05, 4.69) is 13.8 Å². The van der Waals surface area contributed by atoms with Crippen molar-refractivity contribution in [1.29, 1.82) is 0 Å². The fourth-order valence-electron chi connectivity index (χ4n) is 3.33. The van der Waals surface area contributed by atoms with Crippen LogP contribution < -0.4 is 0 Å². The van der Waals surface area contributed by atoms with Gasteiger partial charge in [-0.25, -0.2) is 17.7 Å². The molecule has 5 nitrogen and oxygen atoms in total. The second-order valence-corrected chi connectivity index (χ2v) is 9.36. The molecule has 1 heterocycles. The van der Waals surface area contributed by atoms with Crippen molar-refractivity contribution in [3.63, 3.8) is 0 Å². The lowest BCUT2D eigenvalue weighted by Gasteiger charge is -2.19. The van der Waals surface area contributed by atoms with Gasteiger partial charge < -0.3 is 4.74 Å². The molecule has 0 fully saturated rings. The van der Waals surface area contributed by atoms with E-state index in [0.29, 0.717) is 30.0 Å². The molecule has 6 heteroatoms. The Labute approximate surface area is 164 Å². The second-order valence-electron chi connectivity index (χ2n) is 7.31. The van der Waals surface area contributed by atoms with E-state index in [-0.39, 0.29) is 0 Å². The predicted octanol–water partition coefficient (Wildman–Crippen LogP) is 4.49. The van der Waals surface area contributed by atoms with Crippen LogP contribution in [0.15, 0.2) is 40.2 Å². The van der Waals surface area contributed by atoms with Gasteiger partial charge in [-0.15, -0.1) is 0 Å². The summed E-state index contributed by atoms with van der Waals surface area (Å²) in [5.74, 6) is 1.30. The lowest BCUT2D eigenvalue weighted by atomic mass is 9.95. The van der Waals surface area contributed by atoms with Gasteiger partial charge in [0.05, 0.1) is 10.9 Å². The van der Waals surface area contributed by atoms with Crippen molar-refractivity contribution in [2.24, 2.45) is 10.9 Å². The lowest BCUT2D eigenvalue weighted by Crippen LogP contribution is -2.28. The van der Waals surface area contributed by atoms with Crippen molar-refractivity contribution < 1.29 is 13.2 Å². The average Bonchev–Trinajstić information content (AvgIpc) is 3.17. The Balaban J connectivity index is 1.84. The minimum Gasteiger partial charge on any atom is -0.478 e. The first kappa shape index (κ1) is 21.9. The molecule has 0 aliphatic carbocycles. The Morgan fingerprint density at radius 1 is 1.15 bits per heavy atom. The summed E-state index contributed by atoms with van der Waals surface area (Å²) in [6.07, 6.45) is 7.29. The summed E-state index contributed by atoms with van der Waals surface area (Å²) in [7, 11) is -1.74. The minimum absolute atomic E-state index is 0.311. The first-order valence-corrected chi connectivity index (χ1v) is 11.6. The van der Waals surface area contributed by atoms with Crippen molar-refractivity contribution >= 4 is 15.9 Å². The summed E-state index contributed by atoms with van der Waals surface area (Å²) in [5, 5.41) is 0. The highest BCUT2D eigenvalue weighted by Gasteiger charge is 2.25. The number of nitrogens with zero attached hydrogens (tertiary/aromatic N) is 2. The normalized spacial score (nSPS) is 18.4. The fourth-order valence-corrected chi connectivity index (χ4v) is 4.56. The van der Waals surface area contributed by atoms with E-state index in [4.69, 9.17) is 9.73 Å². The Kier molecular flexibility index (Phi) is 8.77. The van der Waals surface area contributed by atoms with E-state index in [9.17, 15) is 8.42 Å². The maximum Gasteiger partial charge on any atom is 0.242 e. The van der Waals surface area contributed by atoms with Crippen molar-refractivity contribution in [2.75, 3.05) is 20.2 Å². The fraction of sp³-hybridized carbons (Fsp3) is 0.667. The molecule has 0 amide bonds. The molecule has 0 bridgehead atoms. The van der Waals surface area contributed by atoms with Gasteiger partial charge >= 0.3 is 0 Å². The standard InChI is InChI=1S/C21H34N2O3S/c1-4-6-12-18(21-22-19(5-2)17-26-21)13-10-11-16-23(3)27(24,25)20-14-8-7-9-15-20/h7-9,14-15,18-19H,4-6,10-13,16-17H2,1-3H3/t18?,19-/m1/s1. The third-order valence-electron chi connectivity index (χ3n) is 5.19. The van der Waals surface area contributed by atoms with Crippen LogP contribution in [0.3, 0.4) is 0 Å². The molecule has 0 radical (unpaired) electrons. The van der Waals surface area contributed by atoms with E-state index in [1.54, 1.807) is 31.3 Å². The Morgan fingerprint density at radius 3 is 2.48 bits per heavy atom. The molecule has 27 heavy (non-hydrogen) atoms. The number of sulfonamides is 1. The van der Waals surface area contributed by atoms with Gasteiger partial charge in [-0.3, -0.25) is 0 Å². The molecule has 0 spiro atoms. The molecule has 1 unspecified atom stereocenters. The van der Waals surface area contributed by atoms with Crippen LogP contribution in [-0.2, 0) is 14.8 Å². The number of hydrogen-bond acceptors (Lipinski definition) is 4. The van der Waals surface area contributed by atoms with Gasteiger partial charge in [0.15, 0.2) is 5.90 Å². The van der Waals surface area contributed by atoms with E-state index < -0.39 is 10.0 Å². The van der Waals surface area contributed by atoms with Crippen LogP contribution in [0.1, 0.15) is 58.8 Å². The van der Waals surface area contributed by atoms with Gasteiger partial charge in [0.2, 0.25) is 10.0 Å². The van der Waals surface area contributed by atoms with Crippen LogP contribution in [0.2, 0.25) is 0 Å². The highest BCUT2D eigenvalue weighted by atomic mass is 32.2. The maximum atomic E-state index is 12.6. The Morgan fingerprint density at radius 2 is 1.85 bits per heavy atom. The topological polar surface area (TPSA) is 59.0 Å². The van der Waals surface area contributed by atoms with Crippen LogP contribution in [0.25, 0.3) is 0 Å². The van der Waals surface area contributed by atoms with Gasteiger partial charge in [-0.2, -0.15) is 0 Å². The Hall–Kier alpha value is -1.40. The van der Waals surface area contributed by atoms with Gasteiger partial charge in [-0.05, 0) is 37.8 Å². The van der Waals surface area contributed by atoms with E-state index in [1.807, 2.05) is 6.07 Å². The number of rotatable bonds is 12. The zero-order chi connectivity index (χ0) is 19.7. The SMILES string of the molecule is CCCCC(CCCCN(C)S(=O)(=O)c1ccccc1)C1=N[C@H](CC)CO1. The number of benzene rings is 1. The predicted molar refractivity (Wildman–Crippen MR) is 111 cm³/mol. The molecule has 1 aliphatic heterocycles. The highest BCUT2D eigenvalue weighted by Crippen LogP contribution is 2.23. The van der Waals surface area contributed by atoms with E-state index >= 15 is 0 Å². The molecule has 1 aliphatic rings. The van der Waals surface area contributed by atoms with Gasteiger partial charge in [-0.1, -0.05) is 51.3 Å². The van der Waals surface area contributed by atoms with Crippen LogP contribution in [0.4, 0.5) is 0 Å². The van der Waals surface area contributed by atoms with Crippen LogP contribution in [0, 0.1) is 5.92 Å². The molecule has 1 aromatic carbocycles. The first-order valence-electron chi connectivity index (χ1n) is 10.2. The molecular formula is C21H34N2O3S. The first-order chi connectivity index (χ1) is 13.0. The molecule has 0 aromatic heterocycles. The summed E-state index contributed by atoms with van der Waals surface area (Å²) in [6, 6.07) is 8.94. The van der Waals surface area contributed by atoms with Crippen LogP contribution in [-0.4, -0.2) is 44.9 Å². The van der Waals surface area contributed by atoms with Crippen LogP contribution in [0.5, 0.6) is 0 Å². The van der Waals surface area contributed by atoms with Crippen LogP contribution >= 0.6 is 0 Å². The monoisotopic (exact) mass is 394 g/mol. The molecule has 0 saturated heterocycles. The summed E-state index contributed by atoms with van der Waals surface area (Å²) in [5.41, 5.74) is 0. The van der Waals surface area contributed by atoms with Crippen molar-refractivity contribution in [1.82, 2.24) is 4.31 Å². The van der Waals surface area contributed by atoms with Crippen molar-refractivity contribution in [2.45, 2.75) is 69.7 Å². The third kappa shape index (κ3) is 6.32. The molecule has 2 rings (SSSR count). The molecule has 0 saturated carbocycles. The number of hydrogen-bond donors (Lipinski definition) is 0. The molecule has 0 N–H and O–H groups in total. The van der Waals surface area contributed by atoms with E-state index in [1.165, 1.54) is 17.1 Å². The van der Waals surface area contributed by atoms with Gasteiger partial charge in [0, 0.05) is 19.5 Å². The zero-order valence-corrected chi connectivity index (χ0v) is 17.7. The lowest BCUT2D eigenvalue weighted by molar-refractivity contribution is 0.286. The number of unbranched alkanes of at least 4 members (excludes halogenated alkanes) is 2. The molecule has 1 aromatic rings. The number of aliphatic imine (C=N–C) groups is 1. The quantitative estimate of drug-likeness (QED) is 0.491. The maximum absolute atomic E-state index is 12.6. The minimum atomic E-state index is -3.40. The zero-order valence-electron chi connectivity index (χ0n) is 16.9. The molecular weight excluding hydrogens is 360 g/mol. The Bertz CT molecular complexity index is 689. The smallest absolute Gasteiger partial charge is 0.242 e. The molecule has 2 atom stereocenters. The second kappa shape index (κ2) is 10.8. The summed E-state index contributed by atoms with van der Waals surface area (Å²) < 4.78 is 32.4. The summed E-state index contributed by atoms with van der Waals surface area (Å²) >= 11 is 0. The molecule has 152 valence electrons. The number of ether oxygens (including phenoxy) is 1. The summed E-state index contributed by atoms with van der Waals surface area (Å²) in [6.45, 7) is 5.59. The third-order valence-corrected chi connectivity index (χ3v) is 7.06. The van der Waals surface area contributed by atoms with Crippen molar-refractivity contribution in [3.05, 3.63) is 30.3 Å². The largest absolute Gasteiger partial charge is 0.478 e. The van der Waals surface area contributed by atoms with Gasteiger partial charge in [0.25, 0.3) is 0 Å². The summed E-state index contributed by atoms with van der Waals surface area (Å²) in [4.78, 5) is 5.09.